The summed E-state index contributed by atoms with van der Waals surface area (Å²) in [6, 6.07) is 0. The highest BCUT2D eigenvalue weighted by atomic mass is 16.4. The summed E-state index contributed by atoms with van der Waals surface area (Å²) in [5.41, 5.74) is -1.39. The number of carbonyl (C=O) groups excluding carboxylic acids is 1. The fraction of sp³-hybridized carbons (Fsp3) is 0.867. The Morgan fingerprint density at radius 1 is 1.24 bits per heavy atom. The van der Waals surface area contributed by atoms with E-state index in [1.54, 1.807) is 6.92 Å². The summed E-state index contributed by atoms with van der Waals surface area (Å²) in [5, 5.41) is 21.9. The van der Waals surface area contributed by atoms with Crippen molar-refractivity contribution in [1.82, 2.24) is 10.2 Å². The second-order valence-electron chi connectivity index (χ2n) is 6.97. The lowest BCUT2D eigenvalue weighted by atomic mass is 9.79. The predicted octanol–water partition coefficient (Wildman–Crippen LogP) is 0.840. The van der Waals surface area contributed by atoms with Gasteiger partial charge in [-0.3, -0.25) is 9.59 Å². The molecule has 0 spiro atoms. The van der Waals surface area contributed by atoms with Gasteiger partial charge in [0.05, 0.1) is 12.0 Å². The van der Waals surface area contributed by atoms with E-state index in [2.05, 4.69) is 5.32 Å². The first-order valence-corrected chi connectivity index (χ1v) is 7.50. The Balaban J connectivity index is 2.50. The average Bonchev–Trinajstić information content (AvgIpc) is 2.72. The van der Waals surface area contributed by atoms with E-state index >= 15 is 0 Å². The second-order valence-corrected chi connectivity index (χ2v) is 6.97. The minimum absolute atomic E-state index is 0.0501. The zero-order valence-corrected chi connectivity index (χ0v) is 13.3. The Labute approximate surface area is 126 Å². The minimum atomic E-state index is -0.991. The molecule has 0 radical (unpaired) electrons. The van der Waals surface area contributed by atoms with Crippen molar-refractivity contribution in [2.24, 2.45) is 5.41 Å². The third-order valence-electron chi connectivity index (χ3n) is 4.05. The van der Waals surface area contributed by atoms with Crippen molar-refractivity contribution in [3.63, 3.8) is 0 Å². The van der Waals surface area contributed by atoms with Crippen LogP contribution in [0.3, 0.4) is 0 Å². The van der Waals surface area contributed by atoms with Gasteiger partial charge in [-0.25, -0.2) is 0 Å². The van der Waals surface area contributed by atoms with Gasteiger partial charge in [-0.1, -0.05) is 12.8 Å². The maximum absolute atomic E-state index is 12.1. The monoisotopic (exact) mass is 300 g/mol. The highest BCUT2D eigenvalue weighted by Gasteiger charge is 2.38. The molecule has 1 amide bonds. The van der Waals surface area contributed by atoms with Crippen LogP contribution in [-0.4, -0.2) is 59.8 Å². The Morgan fingerprint density at radius 2 is 1.81 bits per heavy atom. The van der Waals surface area contributed by atoms with Crippen LogP contribution in [0.2, 0.25) is 0 Å². The smallest absolute Gasteiger partial charge is 0.303 e. The Kier molecular flexibility index (Phi) is 6.16. The lowest BCUT2D eigenvalue weighted by Gasteiger charge is -2.29. The van der Waals surface area contributed by atoms with Gasteiger partial charge in [-0.05, 0) is 39.3 Å². The van der Waals surface area contributed by atoms with Crippen LogP contribution in [0.1, 0.15) is 45.4 Å². The first-order chi connectivity index (χ1) is 9.64. The van der Waals surface area contributed by atoms with Gasteiger partial charge in [0.25, 0.3) is 0 Å². The van der Waals surface area contributed by atoms with Crippen LogP contribution in [0, 0.1) is 5.41 Å². The molecule has 0 bridgehead atoms. The molecule has 0 saturated heterocycles. The molecule has 122 valence electrons. The quantitative estimate of drug-likeness (QED) is 0.618. The zero-order valence-electron chi connectivity index (χ0n) is 13.3. The molecule has 1 saturated carbocycles. The fourth-order valence-electron chi connectivity index (χ4n) is 3.29. The van der Waals surface area contributed by atoms with Crippen LogP contribution in [-0.2, 0) is 9.59 Å². The van der Waals surface area contributed by atoms with E-state index in [1.165, 1.54) is 0 Å². The third-order valence-corrected chi connectivity index (χ3v) is 4.05. The van der Waals surface area contributed by atoms with Crippen molar-refractivity contribution >= 4 is 11.9 Å². The Morgan fingerprint density at radius 3 is 2.29 bits per heavy atom. The molecule has 0 aromatic carbocycles. The lowest BCUT2D eigenvalue weighted by molar-refractivity contribution is -0.140. The van der Waals surface area contributed by atoms with E-state index < -0.39 is 17.0 Å². The Hall–Kier alpha value is -1.14. The van der Waals surface area contributed by atoms with Crippen molar-refractivity contribution in [2.45, 2.75) is 51.0 Å². The molecule has 21 heavy (non-hydrogen) atoms. The Bertz CT molecular complexity index is 374. The van der Waals surface area contributed by atoms with Crippen molar-refractivity contribution in [1.29, 1.82) is 0 Å². The van der Waals surface area contributed by atoms with Gasteiger partial charge < -0.3 is 20.4 Å². The van der Waals surface area contributed by atoms with Gasteiger partial charge >= 0.3 is 5.97 Å². The number of hydrogen-bond donors (Lipinski definition) is 3. The van der Waals surface area contributed by atoms with E-state index in [0.29, 0.717) is 6.54 Å². The van der Waals surface area contributed by atoms with E-state index in [4.69, 9.17) is 5.11 Å². The molecule has 0 aromatic rings. The van der Waals surface area contributed by atoms with E-state index in [-0.39, 0.29) is 25.3 Å². The number of nitrogens with zero attached hydrogens (tertiary/aromatic N) is 1. The van der Waals surface area contributed by atoms with Crippen molar-refractivity contribution in [3.8, 4) is 0 Å². The number of aliphatic hydroxyl groups is 1. The van der Waals surface area contributed by atoms with Crippen LogP contribution in [0.5, 0.6) is 0 Å². The van der Waals surface area contributed by atoms with Crippen LogP contribution >= 0.6 is 0 Å². The number of amides is 1. The number of hydrogen-bond acceptors (Lipinski definition) is 4. The van der Waals surface area contributed by atoms with Crippen molar-refractivity contribution in [2.75, 3.05) is 27.2 Å². The van der Waals surface area contributed by atoms with E-state index in [9.17, 15) is 14.7 Å². The summed E-state index contributed by atoms with van der Waals surface area (Å²) in [6.45, 7) is 2.30. The molecule has 1 rings (SSSR count). The first-order valence-electron chi connectivity index (χ1n) is 7.50. The highest BCUT2D eigenvalue weighted by molar-refractivity contribution is 5.78. The molecule has 3 N–H and O–H groups in total. The van der Waals surface area contributed by atoms with Gasteiger partial charge in [0.2, 0.25) is 5.91 Å². The summed E-state index contributed by atoms with van der Waals surface area (Å²) >= 11 is 0. The van der Waals surface area contributed by atoms with Gasteiger partial charge in [0.1, 0.15) is 0 Å². The van der Waals surface area contributed by atoms with Crippen LogP contribution in [0.15, 0.2) is 0 Å². The summed E-state index contributed by atoms with van der Waals surface area (Å²) in [6.07, 6.45) is 3.84. The predicted molar refractivity (Wildman–Crippen MR) is 80.0 cm³/mol. The lowest BCUT2D eigenvalue weighted by Crippen LogP contribution is -2.47. The third kappa shape index (κ3) is 6.44. The molecule has 6 nitrogen and oxygen atoms in total. The SMILES string of the molecule is CN(C)CC(C)(O)CNC(=O)CC1(CC(=O)O)CCCC1. The number of rotatable bonds is 8. The second kappa shape index (κ2) is 7.22. The zero-order chi connectivity index (χ0) is 16.1. The largest absolute Gasteiger partial charge is 0.481 e. The maximum Gasteiger partial charge on any atom is 0.303 e. The molecule has 0 heterocycles. The summed E-state index contributed by atoms with van der Waals surface area (Å²) < 4.78 is 0. The van der Waals surface area contributed by atoms with E-state index in [0.717, 1.165) is 25.7 Å². The number of carbonyl (C=O) groups is 2. The minimum Gasteiger partial charge on any atom is -0.481 e. The van der Waals surface area contributed by atoms with Gasteiger partial charge in [-0.15, -0.1) is 0 Å². The number of carboxylic acid groups (broad SMARTS) is 1. The maximum atomic E-state index is 12.1. The van der Waals surface area contributed by atoms with Gasteiger partial charge in [-0.2, -0.15) is 0 Å². The molecule has 1 aliphatic carbocycles. The van der Waals surface area contributed by atoms with Gasteiger partial charge in [0, 0.05) is 19.5 Å². The fourth-order valence-corrected chi connectivity index (χ4v) is 3.29. The number of carboxylic acids is 1. The molecule has 0 aromatic heterocycles. The summed E-state index contributed by atoms with van der Waals surface area (Å²) in [5.74, 6) is -1.01. The van der Waals surface area contributed by atoms with Crippen LogP contribution in [0.4, 0.5) is 0 Å². The number of nitrogens with one attached hydrogen (secondary N) is 1. The summed E-state index contributed by atoms with van der Waals surface area (Å²) in [7, 11) is 3.72. The van der Waals surface area contributed by atoms with E-state index in [1.807, 2.05) is 19.0 Å². The number of likely N-dealkylation sites (N-methyl/N-ethyl adjacent to an activating group) is 1. The molecule has 1 atom stereocenters. The van der Waals surface area contributed by atoms with Crippen molar-refractivity contribution < 1.29 is 19.8 Å². The number of aliphatic carboxylic acids is 1. The van der Waals surface area contributed by atoms with Crippen molar-refractivity contribution in [3.05, 3.63) is 0 Å². The topological polar surface area (TPSA) is 89.9 Å². The molecular formula is C15H28N2O4. The van der Waals surface area contributed by atoms with Crippen LogP contribution < -0.4 is 5.32 Å². The molecule has 0 aliphatic heterocycles. The standard InChI is InChI=1S/C15H28N2O4/c1-14(21,11-17(2)3)10-16-12(18)8-15(9-13(19)20)6-4-5-7-15/h21H,4-11H2,1-3H3,(H,16,18)(H,19,20). The van der Waals surface area contributed by atoms with Crippen LogP contribution in [0.25, 0.3) is 0 Å². The normalized spacial score (nSPS) is 20.2. The molecule has 1 unspecified atom stereocenters. The molecule has 1 fully saturated rings. The van der Waals surface area contributed by atoms with Gasteiger partial charge in [0.15, 0.2) is 0 Å². The first kappa shape index (κ1) is 17.9. The highest BCUT2D eigenvalue weighted by Crippen LogP contribution is 2.43. The molecule has 6 heteroatoms. The average molecular weight is 300 g/mol. The molecule has 1 aliphatic rings. The summed E-state index contributed by atoms with van der Waals surface area (Å²) in [4.78, 5) is 24.9. The molecular weight excluding hydrogens is 272 g/mol.